The van der Waals surface area contributed by atoms with Crippen LogP contribution in [0.25, 0.3) is 0 Å². The van der Waals surface area contributed by atoms with Gasteiger partial charge in [-0.05, 0) is 26.4 Å². The molecule has 0 aliphatic rings. The lowest BCUT2D eigenvalue weighted by Gasteiger charge is -2.16. The molecule has 0 aromatic heterocycles. The first kappa shape index (κ1) is 13.5. The van der Waals surface area contributed by atoms with E-state index in [1.807, 2.05) is 27.9 Å². The average molecular weight is 161 g/mol. The summed E-state index contributed by atoms with van der Waals surface area (Å²) in [5.41, 5.74) is 0. The van der Waals surface area contributed by atoms with Gasteiger partial charge in [0.25, 0.3) is 0 Å². The van der Waals surface area contributed by atoms with Crippen LogP contribution in [0.3, 0.4) is 0 Å². The molecule has 2 nitrogen and oxygen atoms in total. The Bertz CT molecular complexity index is 60.6. The van der Waals surface area contributed by atoms with Crippen LogP contribution in [0.1, 0.15) is 27.2 Å². The monoisotopic (exact) mass is 161 g/mol. The summed E-state index contributed by atoms with van der Waals surface area (Å²) < 4.78 is 0. The predicted molar refractivity (Wildman–Crippen MR) is 50.8 cm³/mol. The third-order valence-electron chi connectivity index (χ3n) is 1.46. The van der Waals surface area contributed by atoms with Gasteiger partial charge in [-0.25, -0.2) is 0 Å². The van der Waals surface area contributed by atoms with Crippen molar-refractivity contribution >= 4 is 0 Å². The van der Waals surface area contributed by atoms with Crippen molar-refractivity contribution in [1.82, 2.24) is 4.90 Å². The lowest BCUT2D eigenvalue weighted by Crippen LogP contribution is -2.23. The molecule has 0 aliphatic carbocycles. The normalized spacial score (nSPS) is 12.3. The fourth-order valence-electron chi connectivity index (χ4n) is 0.832. The molecule has 0 aliphatic heterocycles. The van der Waals surface area contributed by atoms with Crippen LogP contribution in [-0.2, 0) is 0 Å². The molecule has 0 heterocycles. The highest BCUT2D eigenvalue weighted by Gasteiger charge is 2.03. The largest absolute Gasteiger partial charge is 0.396 e. The van der Waals surface area contributed by atoms with Gasteiger partial charge in [0.2, 0.25) is 0 Å². The molecule has 0 saturated carbocycles. The van der Waals surface area contributed by atoms with Crippen molar-refractivity contribution in [2.75, 3.05) is 27.2 Å². The Kier molecular flexibility index (Phi) is 12.2. The van der Waals surface area contributed by atoms with E-state index in [4.69, 9.17) is 5.11 Å². The van der Waals surface area contributed by atoms with E-state index in [2.05, 4.69) is 11.8 Å². The van der Waals surface area contributed by atoms with Crippen molar-refractivity contribution in [3.05, 3.63) is 0 Å². The highest BCUT2D eigenvalue weighted by molar-refractivity contribution is 4.56. The molecule has 0 aromatic rings. The van der Waals surface area contributed by atoms with Crippen LogP contribution in [0, 0.1) is 5.92 Å². The fourth-order valence-corrected chi connectivity index (χ4v) is 0.832. The molecule has 0 rings (SSSR count). The Morgan fingerprint density at radius 2 is 1.73 bits per heavy atom. The number of nitrogens with zero attached hydrogens (tertiary/aromatic N) is 1. The molecule has 11 heavy (non-hydrogen) atoms. The van der Waals surface area contributed by atoms with Crippen molar-refractivity contribution in [2.45, 2.75) is 27.2 Å². The minimum atomic E-state index is 0.314. The van der Waals surface area contributed by atoms with Gasteiger partial charge in [-0.3, -0.25) is 0 Å². The van der Waals surface area contributed by atoms with Gasteiger partial charge in [0.15, 0.2) is 0 Å². The molecular formula is C9H23NO. The summed E-state index contributed by atoms with van der Waals surface area (Å²) in [6.45, 7) is 7.41. The van der Waals surface area contributed by atoms with Crippen LogP contribution < -0.4 is 0 Å². The maximum absolute atomic E-state index is 8.75. The molecule has 0 fully saturated rings. The van der Waals surface area contributed by atoms with E-state index in [9.17, 15) is 0 Å². The predicted octanol–water partition coefficient (Wildman–Crippen LogP) is 1.59. The Morgan fingerprint density at radius 3 is 1.82 bits per heavy atom. The van der Waals surface area contributed by atoms with E-state index in [1.165, 1.54) is 0 Å². The summed E-state index contributed by atoms with van der Waals surface area (Å²) >= 11 is 0. The first-order chi connectivity index (χ1) is 5.20. The second-order valence-electron chi connectivity index (χ2n) is 2.72. The van der Waals surface area contributed by atoms with E-state index >= 15 is 0 Å². The zero-order valence-corrected chi connectivity index (χ0v) is 8.59. The zero-order valence-electron chi connectivity index (χ0n) is 8.59. The van der Waals surface area contributed by atoms with Gasteiger partial charge in [0, 0.05) is 13.2 Å². The molecule has 1 N–H and O–H groups in total. The van der Waals surface area contributed by atoms with E-state index in [1.54, 1.807) is 0 Å². The summed E-state index contributed by atoms with van der Waals surface area (Å²) in [4.78, 5) is 2.10. The van der Waals surface area contributed by atoms with E-state index in [0.717, 1.165) is 13.0 Å². The summed E-state index contributed by atoms with van der Waals surface area (Å²) in [6.07, 6.45) is 1.06. The molecule has 0 amide bonds. The minimum absolute atomic E-state index is 0.314. The lowest BCUT2D eigenvalue weighted by atomic mass is 10.1. The van der Waals surface area contributed by atoms with Crippen molar-refractivity contribution in [3.63, 3.8) is 0 Å². The van der Waals surface area contributed by atoms with E-state index in [0.29, 0.717) is 12.5 Å². The number of aliphatic hydroxyl groups is 1. The second kappa shape index (κ2) is 9.92. The summed E-state index contributed by atoms with van der Waals surface area (Å²) in [7, 11) is 4.05. The third-order valence-corrected chi connectivity index (χ3v) is 1.46. The van der Waals surface area contributed by atoms with Crippen LogP contribution in [0.5, 0.6) is 0 Å². The van der Waals surface area contributed by atoms with Crippen LogP contribution in [0.15, 0.2) is 0 Å². The standard InChI is InChI=1S/C7H17NO.C2H6/c1-4-7(6-9)5-8(2)3;1-2/h7,9H,4-6H2,1-3H3;1-2H3. The Balaban J connectivity index is 0. The highest BCUT2D eigenvalue weighted by atomic mass is 16.3. The average Bonchev–Trinajstić information content (AvgIpc) is 2.03. The molecule has 0 spiro atoms. The molecular weight excluding hydrogens is 138 g/mol. The third kappa shape index (κ3) is 9.92. The smallest absolute Gasteiger partial charge is 0.0471 e. The van der Waals surface area contributed by atoms with Gasteiger partial charge in [-0.2, -0.15) is 0 Å². The summed E-state index contributed by atoms with van der Waals surface area (Å²) in [5.74, 6) is 0.458. The summed E-state index contributed by atoms with van der Waals surface area (Å²) in [6, 6.07) is 0. The second-order valence-corrected chi connectivity index (χ2v) is 2.72. The van der Waals surface area contributed by atoms with Gasteiger partial charge >= 0.3 is 0 Å². The number of aliphatic hydroxyl groups excluding tert-OH is 1. The van der Waals surface area contributed by atoms with Crippen LogP contribution in [0.2, 0.25) is 0 Å². The van der Waals surface area contributed by atoms with Crippen molar-refractivity contribution < 1.29 is 5.11 Å². The molecule has 0 bridgehead atoms. The van der Waals surface area contributed by atoms with Gasteiger partial charge in [0.05, 0.1) is 0 Å². The first-order valence-electron chi connectivity index (χ1n) is 4.46. The molecule has 0 aromatic carbocycles. The maximum atomic E-state index is 8.75. The fraction of sp³-hybridized carbons (Fsp3) is 1.00. The van der Waals surface area contributed by atoms with Gasteiger partial charge in [-0.1, -0.05) is 20.8 Å². The number of hydrogen-bond donors (Lipinski definition) is 1. The Morgan fingerprint density at radius 1 is 1.27 bits per heavy atom. The van der Waals surface area contributed by atoms with E-state index < -0.39 is 0 Å². The topological polar surface area (TPSA) is 23.5 Å². The van der Waals surface area contributed by atoms with Gasteiger partial charge in [0.1, 0.15) is 0 Å². The SMILES string of the molecule is CC.CCC(CO)CN(C)C. The Labute approximate surface area is 71.2 Å². The zero-order chi connectivity index (χ0) is 9.28. The molecule has 1 atom stereocenters. The molecule has 0 radical (unpaired) electrons. The number of hydrogen-bond acceptors (Lipinski definition) is 2. The molecule has 1 unspecified atom stereocenters. The molecule has 0 saturated heterocycles. The van der Waals surface area contributed by atoms with Gasteiger partial charge in [-0.15, -0.1) is 0 Å². The minimum Gasteiger partial charge on any atom is -0.396 e. The summed E-state index contributed by atoms with van der Waals surface area (Å²) in [5, 5.41) is 8.75. The van der Waals surface area contributed by atoms with Crippen molar-refractivity contribution in [1.29, 1.82) is 0 Å². The highest BCUT2D eigenvalue weighted by Crippen LogP contribution is 2.00. The number of rotatable bonds is 4. The van der Waals surface area contributed by atoms with Crippen LogP contribution in [-0.4, -0.2) is 37.3 Å². The van der Waals surface area contributed by atoms with Crippen molar-refractivity contribution in [3.8, 4) is 0 Å². The van der Waals surface area contributed by atoms with Crippen molar-refractivity contribution in [2.24, 2.45) is 5.92 Å². The van der Waals surface area contributed by atoms with Crippen LogP contribution in [0.4, 0.5) is 0 Å². The van der Waals surface area contributed by atoms with Crippen LogP contribution >= 0.6 is 0 Å². The molecule has 70 valence electrons. The first-order valence-corrected chi connectivity index (χ1v) is 4.46. The van der Waals surface area contributed by atoms with Gasteiger partial charge < -0.3 is 10.0 Å². The lowest BCUT2D eigenvalue weighted by molar-refractivity contribution is 0.189. The molecule has 2 heteroatoms. The Hall–Kier alpha value is -0.0800. The maximum Gasteiger partial charge on any atom is 0.0471 e. The quantitative estimate of drug-likeness (QED) is 0.677. The van der Waals surface area contributed by atoms with E-state index in [-0.39, 0.29) is 0 Å².